The van der Waals surface area contributed by atoms with Crippen LogP contribution < -0.4 is 5.32 Å². The second kappa shape index (κ2) is 55.4. The lowest BCUT2D eigenvalue weighted by molar-refractivity contribution is -0.131. The Labute approximate surface area is 407 Å². The average Bonchev–Trinajstić information content (AvgIpc) is 3.31. The van der Waals surface area contributed by atoms with Gasteiger partial charge in [-0.3, -0.25) is 4.79 Å². The number of allylic oxidation sites excluding steroid dienone is 3. The van der Waals surface area contributed by atoms with Crippen molar-refractivity contribution in [3.8, 4) is 0 Å². The zero-order chi connectivity index (χ0) is 47.2. The Morgan fingerprint density at radius 2 is 0.615 bits per heavy atom. The lowest BCUT2D eigenvalue weighted by Gasteiger charge is -2.21. The normalized spacial score (nSPS) is 13.4. The molecule has 0 bridgehead atoms. The van der Waals surface area contributed by atoms with Gasteiger partial charge in [-0.2, -0.15) is 0 Å². The molecule has 0 heterocycles. The molecule has 0 aliphatic rings. The van der Waals surface area contributed by atoms with Crippen LogP contribution in [-0.4, -0.2) is 46.1 Å². The van der Waals surface area contributed by atoms with E-state index in [0.717, 1.165) is 32.1 Å². The molecular formula is C60H117NO4. The van der Waals surface area contributed by atoms with E-state index in [1.54, 1.807) is 6.08 Å². The van der Waals surface area contributed by atoms with Gasteiger partial charge in [0.05, 0.1) is 18.8 Å². The minimum atomic E-state index is -1.10. The van der Waals surface area contributed by atoms with Gasteiger partial charge in [0.1, 0.15) is 6.10 Å². The summed E-state index contributed by atoms with van der Waals surface area (Å²) in [6.07, 6.45) is 71.3. The summed E-state index contributed by atoms with van der Waals surface area (Å²) in [7, 11) is 0. The molecule has 65 heavy (non-hydrogen) atoms. The number of nitrogens with one attached hydrogen (secondary N) is 1. The highest BCUT2D eigenvalue weighted by Crippen LogP contribution is 2.18. The SMILES string of the molecule is CCCCCCCCCCCCCC/C=C\CCCCCCCCCCCCCCCCC(O)C(=O)NC(CO)C(O)/C=C/CCCCCCCCCCCCCCCCCCCCC. The van der Waals surface area contributed by atoms with Gasteiger partial charge in [0, 0.05) is 0 Å². The van der Waals surface area contributed by atoms with Crippen LogP contribution in [0.25, 0.3) is 0 Å². The number of aliphatic hydroxyl groups excluding tert-OH is 3. The Kier molecular flexibility index (Phi) is 54.4. The first-order valence-corrected chi connectivity index (χ1v) is 29.7. The molecule has 0 radical (unpaired) electrons. The van der Waals surface area contributed by atoms with Crippen LogP contribution in [0.5, 0.6) is 0 Å². The zero-order valence-corrected chi connectivity index (χ0v) is 44.1. The van der Waals surface area contributed by atoms with Gasteiger partial charge in [0.15, 0.2) is 0 Å². The molecule has 0 aromatic carbocycles. The van der Waals surface area contributed by atoms with Crippen molar-refractivity contribution < 1.29 is 20.1 Å². The Bertz CT molecular complexity index is 967. The number of carbonyl (C=O) groups is 1. The monoisotopic (exact) mass is 916 g/mol. The molecule has 4 N–H and O–H groups in total. The van der Waals surface area contributed by atoms with Crippen molar-refractivity contribution >= 4 is 5.91 Å². The van der Waals surface area contributed by atoms with E-state index < -0.39 is 24.2 Å². The van der Waals surface area contributed by atoms with E-state index >= 15 is 0 Å². The summed E-state index contributed by atoms with van der Waals surface area (Å²) in [5.41, 5.74) is 0. The summed E-state index contributed by atoms with van der Waals surface area (Å²) in [6.45, 7) is 4.22. The third-order valence-corrected chi connectivity index (χ3v) is 14.0. The van der Waals surface area contributed by atoms with Gasteiger partial charge in [0.2, 0.25) is 5.91 Å². The Morgan fingerprint density at radius 1 is 0.369 bits per heavy atom. The first-order valence-electron chi connectivity index (χ1n) is 29.7. The summed E-state index contributed by atoms with van der Waals surface area (Å²) < 4.78 is 0. The third kappa shape index (κ3) is 50.5. The maximum Gasteiger partial charge on any atom is 0.249 e. The number of hydrogen-bond donors (Lipinski definition) is 4. The molecule has 0 fully saturated rings. The van der Waals surface area contributed by atoms with Crippen molar-refractivity contribution in [1.82, 2.24) is 5.32 Å². The van der Waals surface area contributed by atoms with Gasteiger partial charge in [-0.25, -0.2) is 0 Å². The molecule has 0 saturated heterocycles. The van der Waals surface area contributed by atoms with Crippen LogP contribution in [0.15, 0.2) is 24.3 Å². The fourth-order valence-corrected chi connectivity index (χ4v) is 9.42. The predicted molar refractivity (Wildman–Crippen MR) is 287 cm³/mol. The number of rotatable bonds is 55. The Morgan fingerprint density at radius 3 is 0.892 bits per heavy atom. The van der Waals surface area contributed by atoms with Crippen molar-refractivity contribution in [1.29, 1.82) is 0 Å². The average molecular weight is 917 g/mol. The second-order valence-corrected chi connectivity index (χ2v) is 20.6. The van der Waals surface area contributed by atoms with Crippen molar-refractivity contribution in [2.75, 3.05) is 6.61 Å². The van der Waals surface area contributed by atoms with Crippen molar-refractivity contribution in [2.24, 2.45) is 0 Å². The molecular weight excluding hydrogens is 799 g/mol. The zero-order valence-electron chi connectivity index (χ0n) is 44.1. The largest absolute Gasteiger partial charge is 0.394 e. The standard InChI is InChI=1S/C60H117NO4/c1-3-5-7-9-11-13-15-17-19-21-23-25-26-27-28-29-30-31-32-33-35-37-39-41-43-45-47-49-51-53-55-59(64)60(65)61-57(56-62)58(63)54-52-50-48-46-44-42-40-38-36-34-24-22-20-18-16-14-12-10-8-6-4-2/h27-28,52,54,57-59,62-64H,3-26,29-51,53,55-56H2,1-2H3,(H,61,65)/b28-27-,54-52+. The number of amides is 1. The predicted octanol–water partition coefficient (Wildman–Crippen LogP) is 18.5. The van der Waals surface area contributed by atoms with Gasteiger partial charge < -0.3 is 20.6 Å². The Hall–Kier alpha value is -1.17. The summed E-state index contributed by atoms with van der Waals surface area (Å²) in [4.78, 5) is 12.6. The molecule has 386 valence electrons. The molecule has 0 aliphatic heterocycles. The van der Waals surface area contributed by atoms with E-state index in [-0.39, 0.29) is 6.61 Å². The van der Waals surface area contributed by atoms with Crippen LogP contribution in [0.4, 0.5) is 0 Å². The van der Waals surface area contributed by atoms with E-state index in [4.69, 9.17) is 0 Å². The fourth-order valence-electron chi connectivity index (χ4n) is 9.42. The molecule has 0 spiro atoms. The van der Waals surface area contributed by atoms with Crippen LogP contribution in [0, 0.1) is 0 Å². The van der Waals surface area contributed by atoms with Crippen molar-refractivity contribution in [3.63, 3.8) is 0 Å². The van der Waals surface area contributed by atoms with Crippen LogP contribution in [-0.2, 0) is 4.79 Å². The molecule has 0 saturated carbocycles. The van der Waals surface area contributed by atoms with Crippen LogP contribution in [0.3, 0.4) is 0 Å². The highest BCUT2D eigenvalue weighted by atomic mass is 16.3. The van der Waals surface area contributed by atoms with Gasteiger partial charge >= 0.3 is 0 Å². The number of unbranched alkanes of at least 4 members (excludes halogenated alkanes) is 45. The first-order chi connectivity index (χ1) is 32.1. The molecule has 5 nitrogen and oxygen atoms in total. The molecule has 1 amide bonds. The highest BCUT2D eigenvalue weighted by Gasteiger charge is 2.22. The van der Waals surface area contributed by atoms with Gasteiger partial charge in [0.25, 0.3) is 0 Å². The minimum absolute atomic E-state index is 0.360. The lowest BCUT2D eigenvalue weighted by atomic mass is 10.0. The minimum Gasteiger partial charge on any atom is -0.394 e. The first kappa shape index (κ1) is 63.8. The molecule has 0 aromatic rings. The number of carbonyl (C=O) groups excluding carboxylic acids is 1. The van der Waals surface area contributed by atoms with Gasteiger partial charge in [-0.15, -0.1) is 0 Å². The summed E-state index contributed by atoms with van der Waals surface area (Å²) >= 11 is 0. The highest BCUT2D eigenvalue weighted by molar-refractivity contribution is 5.80. The summed E-state index contributed by atoms with van der Waals surface area (Å²) in [6, 6.07) is -0.797. The van der Waals surface area contributed by atoms with Crippen molar-refractivity contribution in [3.05, 3.63) is 24.3 Å². The molecule has 0 aliphatic carbocycles. The maximum absolute atomic E-state index is 12.6. The summed E-state index contributed by atoms with van der Waals surface area (Å²) in [5, 5.41) is 33.4. The van der Waals surface area contributed by atoms with Gasteiger partial charge in [-0.05, 0) is 44.9 Å². The van der Waals surface area contributed by atoms with Gasteiger partial charge in [-0.1, -0.05) is 308 Å². The molecule has 3 atom stereocenters. The summed E-state index contributed by atoms with van der Waals surface area (Å²) in [5.74, 6) is -0.497. The lowest BCUT2D eigenvalue weighted by Crippen LogP contribution is -2.48. The topological polar surface area (TPSA) is 89.8 Å². The van der Waals surface area contributed by atoms with Crippen molar-refractivity contribution in [2.45, 2.75) is 347 Å². The van der Waals surface area contributed by atoms with E-state index in [0.29, 0.717) is 6.42 Å². The number of hydrogen-bond acceptors (Lipinski definition) is 4. The van der Waals surface area contributed by atoms with E-state index in [1.165, 1.54) is 276 Å². The molecule has 0 rings (SSSR count). The van der Waals surface area contributed by atoms with Crippen LogP contribution >= 0.6 is 0 Å². The second-order valence-electron chi connectivity index (χ2n) is 20.6. The quantitative estimate of drug-likeness (QED) is 0.0361. The molecule has 0 aromatic heterocycles. The van der Waals surface area contributed by atoms with E-state index in [2.05, 4.69) is 31.3 Å². The molecule has 5 heteroatoms. The van der Waals surface area contributed by atoms with E-state index in [9.17, 15) is 20.1 Å². The maximum atomic E-state index is 12.6. The van der Waals surface area contributed by atoms with E-state index in [1.807, 2.05) is 6.08 Å². The number of aliphatic hydroxyl groups is 3. The molecule has 3 unspecified atom stereocenters. The third-order valence-electron chi connectivity index (χ3n) is 14.0. The smallest absolute Gasteiger partial charge is 0.249 e. The Balaban J connectivity index is 3.53. The fraction of sp³-hybridized carbons (Fsp3) is 0.917. The van der Waals surface area contributed by atoms with Crippen LogP contribution in [0.1, 0.15) is 328 Å². The van der Waals surface area contributed by atoms with Crippen LogP contribution in [0.2, 0.25) is 0 Å².